The van der Waals surface area contributed by atoms with Gasteiger partial charge in [0.15, 0.2) is 0 Å². The summed E-state index contributed by atoms with van der Waals surface area (Å²) in [5.41, 5.74) is 0.408. The van der Waals surface area contributed by atoms with Crippen LogP contribution in [0.2, 0.25) is 5.02 Å². The van der Waals surface area contributed by atoms with E-state index in [0.717, 1.165) is 18.1 Å². The molecule has 0 amide bonds. The average molecular weight is 234 g/mol. The van der Waals surface area contributed by atoms with Gasteiger partial charge in [-0.1, -0.05) is 24.6 Å². The maximum atomic E-state index is 13.2. The summed E-state index contributed by atoms with van der Waals surface area (Å²) in [5.74, 6) is 1.74. The Morgan fingerprint density at radius 1 is 1.50 bits per heavy atom. The fraction of sp³-hybridized carbons (Fsp3) is 0.400. The van der Waals surface area contributed by atoms with E-state index in [1.54, 1.807) is 12.1 Å². The molecule has 14 heavy (non-hydrogen) atoms. The van der Waals surface area contributed by atoms with Crippen LogP contribution in [0.1, 0.15) is 6.92 Å². The number of hydrogen-bond acceptors (Lipinski definition) is 2. The lowest BCUT2D eigenvalue weighted by atomic mass is 10.3. The summed E-state index contributed by atoms with van der Waals surface area (Å²) in [6, 6.07) is 4.69. The zero-order chi connectivity index (χ0) is 10.4. The Labute approximate surface area is 93.0 Å². The van der Waals surface area contributed by atoms with Crippen LogP contribution in [0.3, 0.4) is 0 Å². The summed E-state index contributed by atoms with van der Waals surface area (Å²) in [7, 11) is 0. The summed E-state index contributed by atoms with van der Waals surface area (Å²) in [6.07, 6.45) is 0. The molecule has 1 nitrogen and oxygen atoms in total. The number of hydrogen-bond donors (Lipinski definition) is 1. The van der Waals surface area contributed by atoms with Crippen molar-refractivity contribution in [1.82, 2.24) is 0 Å². The lowest BCUT2D eigenvalue weighted by Gasteiger charge is -2.08. The van der Waals surface area contributed by atoms with Crippen LogP contribution < -0.4 is 5.32 Å². The van der Waals surface area contributed by atoms with Crippen molar-refractivity contribution in [3.63, 3.8) is 0 Å². The average Bonchev–Trinajstić information content (AvgIpc) is 2.16. The quantitative estimate of drug-likeness (QED) is 0.780. The van der Waals surface area contributed by atoms with Crippen molar-refractivity contribution in [2.75, 3.05) is 23.4 Å². The standard InChI is InChI=1S/C10H13ClFNS/c1-2-14-7-6-13-10-8(11)4-3-5-9(10)12/h3-5,13H,2,6-7H2,1H3. The van der Waals surface area contributed by atoms with Crippen LogP contribution >= 0.6 is 23.4 Å². The number of halogens is 2. The zero-order valence-electron chi connectivity index (χ0n) is 8.02. The second kappa shape index (κ2) is 6.14. The van der Waals surface area contributed by atoms with Crippen LogP contribution in [0.4, 0.5) is 10.1 Å². The molecule has 1 aromatic carbocycles. The van der Waals surface area contributed by atoms with Crippen molar-refractivity contribution < 1.29 is 4.39 Å². The lowest BCUT2D eigenvalue weighted by Crippen LogP contribution is -2.06. The number of rotatable bonds is 5. The van der Waals surface area contributed by atoms with E-state index in [2.05, 4.69) is 12.2 Å². The van der Waals surface area contributed by atoms with E-state index in [0.29, 0.717) is 10.7 Å². The second-order valence-electron chi connectivity index (χ2n) is 2.72. The molecule has 1 N–H and O–H groups in total. The van der Waals surface area contributed by atoms with Crippen molar-refractivity contribution in [3.8, 4) is 0 Å². The minimum atomic E-state index is -0.293. The van der Waals surface area contributed by atoms with Gasteiger partial charge < -0.3 is 5.32 Å². The Morgan fingerprint density at radius 3 is 2.93 bits per heavy atom. The Kier molecular flexibility index (Phi) is 5.12. The molecular weight excluding hydrogens is 221 g/mol. The fourth-order valence-corrected chi connectivity index (χ4v) is 1.82. The molecule has 0 bridgehead atoms. The summed E-state index contributed by atoms with van der Waals surface area (Å²) in [5, 5.41) is 3.42. The third kappa shape index (κ3) is 3.39. The smallest absolute Gasteiger partial charge is 0.147 e. The van der Waals surface area contributed by atoms with Crippen LogP contribution in [0, 0.1) is 5.82 Å². The second-order valence-corrected chi connectivity index (χ2v) is 4.52. The first-order valence-corrected chi connectivity index (χ1v) is 6.04. The van der Waals surface area contributed by atoms with E-state index in [1.165, 1.54) is 6.07 Å². The minimum absolute atomic E-state index is 0.293. The third-order valence-electron chi connectivity index (χ3n) is 1.72. The maximum absolute atomic E-state index is 13.2. The molecule has 4 heteroatoms. The van der Waals surface area contributed by atoms with E-state index in [-0.39, 0.29) is 5.82 Å². The number of anilines is 1. The predicted molar refractivity (Wildman–Crippen MR) is 62.9 cm³/mol. The van der Waals surface area contributed by atoms with Crippen LogP contribution in [-0.4, -0.2) is 18.1 Å². The molecule has 0 saturated heterocycles. The number of nitrogens with one attached hydrogen (secondary N) is 1. The monoisotopic (exact) mass is 233 g/mol. The summed E-state index contributed by atoms with van der Waals surface area (Å²) >= 11 is 7.64. The fourth-order valence-electron chi connectivity index (χ4n) is 1.06. The zero-order valence-corrected chi connectivity index (χ0v) is 9.59. The Hall–Kier alpha value is -0.410. The first-order chi connectivity index (χ1) is 6.75. The van der Waals surface area contributed by atoms with Gasteiger partial charge in [0.05, 0.1) is 10.7 Å². The van der Waals surface area contributed by atoms with Gasteiger partial charge in [-0.3, -0.25) is 0 Å². The van der Waals surface area contributed by atoms with Crippen molar-refractivity contribution in [2.24, 2.45) is 0 Å². The van der Waals surface area contributed by atoms with E-state index in [1.807, 2.05) is 11.8 Å². The van der Waals surface area contributed by atoms with E-state index >= 15 is 0 Å². The summed E-state index contributed by atoms with van der Waals surface area (Å²) in [6.45, 7) is 2.83. The van der Waals surface area contributed by atoms with Gasteiger partial charge in [0, 0.05) is 12.3 Å². The topological polar surface area (TPSA) is 12.0 Å². The SMILES string of the molecule is CCSCCNc1c(F)cccc1Cl. The van der Waals surface area contributed by atoms with Crippen molar-refractivity contribution in [2.45, 2.75) is 6.92 Å². The minimum Gasteiger partial charge on any atom is -0.381 e. The Balaban J connectivity index is 2.49. The molecule has 0 saturated carbocycles. The van der Waals surface area contributed by atoms with Crippen molar-refractivity contribution >= 4 is 29.1 Å². The van der Waals surface area contributed by atoms with E-state index in [4.69, 9.17) is 11.6 Å². The molecule has 0 aliphatic carbocycles. The number of benzene rings is 1. The molecule has 1 rings (SSSR count). The number of para-hydroxylation sites is 1. The molecule has 0 spiro atoms. The lowest BCUT2D eigenvalue weighted by molar-refractivity contribution is 0.630. The Morgan fingerprint density at radius 2 is 2.29 bits per heavy atom. The van der Waals surface area contributed by atoms with Gasteiger partial charge in [-0.05, 0) is 17.9 Å². The number of thioether (sulfide) groups is 1. The molecular formula is C10H13ClFNS. The van der Waals surface area contributed by atoms with Gasteiger partial charge in [0.25, 0.3) is 0 Å². The van der Waals surface area contributed by atoms with Gasteiger partial charge in [0.1, 0.15) is 5.82 Å². The van der Waals surface area contributed by atoms with E-state index < -0.39 is 0 Å². The molecule has 0 heterocycles. The Bertz CT molecular complexity index is 273. The highest BCUT2D eigenvalue weighted by molar-refractivity contribution is 7.99. The van der Waals surface area contributed by atoms with Gasteiger partial charge in [-0.25, -0.2) is 4.39 Å². The van der Waals surface area contributed by atoms with Crippen LogP contribution in [0.25, 0.3) is 0 Å². The van der Waals surface area contributed by atoms with Gasteiger partial charge in [-0.15, -0.1) is 0 Å². The highest BCUT2D eigenvalue weighted by atomic mass is 35.5. The molecule has 0 aliphatic heterocycles. The van der Waals surface area contributed by atoms with Crippen LogP contribution in [0.5, 0.6) is 0 Å². The van der Waals surface area contributed by atoms with Gasteiger partial charge in [0.2, 0.25) is 0 Å². The molecule has 0 aromatic heterocycles. The highest BCUT2D eigenvalue weighted by Crippen LogP contribution is 2.24. The maximum Gasteiger partial charge on any atom is 0.147 e. The third-order valence-corrected chi connectivity index (χ3v) is 2.93. The van der Waals surface area contributed by atoms with E-state index in [9.17, 15) is 4.39 Å². The normalized spacial score (nSPS) is 10.2. The first-order valence-electron chi connectivity index (χ1n) is 4.51. The van der Waals surface area contributed by atoms with Crippen molar-refractivity contribution in [1.29, 1.82) is 0 Å². The molecule has 0 radical (unpaired) electrons. The van der Waals surface area contributed by atoms with Crippen LogP contribution in [0.15, 0.2) is 18.2 Å². The largest absolute Gasteiger partial charge is 0.381 e. The molecule has 0 fully saturated rings. The first kappa shape index (κ1) is 11.7. The van der Waals surface area contributed by atoms with Gasteiger partial charge >= 0.3 is 0 Å². The predicted octanol–water partition coefficient (Wildman–Crippen LogP) is 3.64. The van der Waals surface area contributed by atoms with Crippen LogP contribution in [-0.2, 0) is 0 Å². The molecule has 0 aliphatic rings. The molecule has 1 aromatic rings. The highest BCUT2D eigenvalue weighted by Gasteiger charge is 2.04. The molecule has 0 atom stereocenters. The van der Waals surface area contributed by atoms with Gasteiger partial charge in [-0.2, -0.15) is 11.8 Å². The van der Waals surface area contributed by atoms with Crippen molar-refractivity contribution in [3.05, 3.63) is 29.0 Å². The molecule has 78 valence electrons. The summed E-state index contributed by atoms with van der Waals surface area (Å²) in [4.78, 5) is 0. The molecule has 0 unspecified atom stereocenters. The summed E-state index contributed by atoms with van der Waals surface area (Å²) < 4.78 is 13.2.